The van der Waals surface area contributed by atoms with Gasteiger partial charge in [0.15, 0.2) is 0 Å². The fourth-order valence-corrected chi connectivity index (χ4v) is 2.05. The third-order valence-electron chi connectivity index (χ3n) is 3.14. The minimum Gasteiger partial charge on any atom is -0.394 e. The molecule has 0 aromatic heterocycles. The Bertz CT molecular complexity index is 505. The van der Waals surface area contributed by atoms with Crippen LogP contribution in [0.5, 0.6) is 0 Å². The summed E-state index contributed by atoms with van der Waals surface area (Å²) >= 11 is 0. The Morgan fingerprint density at radius 1 is 1.00 bits per heavy atom. The Morgan fingerprint density at radius 3 is 2.28 bits per heavy atom. The van der Waals surface area contributed by atoms with Gasteiger partial charge in [-0.25, -0.2) is 0 Å². The quantitative estimate of drug-likeness (QED) is 0.859. The maximum atomic E-state index is 9.56. The van der Waals surface area contributed by atoms with E-state index in [1.54, 1.807) is 0 Å². The highest BCUT2D eigenvalue weighted by Gasteiger charge is 2.11. The van der Waals surface area contributed by atoms with Gasteiger partial charge in [0.25, 0.3) is 0 Å². The number of aliphatic hydroxyl groups excluding tert-OH is 1. The van der Waals surface area contributed by atoms with E-state index in [-0.39, 0.29) is 12.6 Å². The lowest BCUT2D eigenvalue weighted by Crippen LogP contribution is -2.15. The van der Waals surface area contributed by atoms with Crippen LogP contribution in [-0.4, -0.2) is 11.7 Å². The fourth-order valence-electron chi connectivity index (χ4n) is 2.05. The number of nitrogens with one attached hydrogen (secondary N) is 1. The van der Waals surface area contributed by atoms with Gasteiger partial charge >= 0.3 is 0 Å². The van der Waals surface area contributed by atoms with E-state index < -0.39 is 0 Å². The van der Waals surface area contributed by atoms with Crippen molar-refractivity contribution in [2.75, 3.05) is 11.9 Å². The van der Waals surface area contributed by atoms with E-state index in [0.29, 0.717) is 0 Å². The lowest BCUT2D eigenvalue weighted by atomic mass is 10.0. The number of hydrogen-bond donors (Lipinski definition) is 2. The maximum absolute atomic E-state index is 9.56. The molecule has 1 unspecified atom stereocenters. The number of aliphatic hydroxyl groups is 1. The summed E-state index contributed by atoms with van der Waals surface area (Å²) in [6.07, 6.45) is 0. The molecule has 94 valence electrons. The first-order chi connectivity index (χ1) is 8.70. The molecule has 2 aromatic rings. The van der Waals surface area contributed by atoms with Crippen LogP contribution in [0.25, 0.3) is 0 Å². The first-order valence-electron chi connectivity index (χ1n) is 6.20. The molecule has 2 aromatic carbocycles. The predicted octanol–water partition coefficient (Wildman–Crippen LogP) is 3.45. The van der Waals surface area contributed by atoms with Crippen molar-refractivity contribution >= 4 is 5.69 Å². The summed E-state index contributed by atoms with van der Waals surface area (Å²) in [5, 5.41) is 12.9. The van der Waals surface area contributed by atoms with E-state index in [0.717, 1.165) is 11.3 Å². The molecule has 0 aliphatic heterocycles. The van der Waals surface area contributed by atoms with Gasteiger partial charge in [0.2, 0.25) is 0 Å². The monoisotopic (exact) mass is 241 g/mol. The third-order valence-corrected chi connectivity index (χ3v) is 3.14. The molecular formula is C16H19NO. The van der Waals surface area contributed by atoms with Crippen LogP contribution in [0.4, 0.5) is 5.69 Å². The summed E-state index contributed by atoms with van der Waals surface area (Å²) < 4.78 is 0. The average Bonchev–Trinajstić information content (AvgIpc) is 2.39. The highest BCUT2D eigenvalue weighted by atomic mass is 16.3. The standard InChI is InChI=1S/C16H19NO/c1-12-7-9-14(10-8-12)17-16(11-18)15-6-4-3-5-13(15)2/h3-10,16-18H,11H2,1-2H3. The van der Waals surface area contributed by atoms with Crippen molar-refractivity contribution in [3.8, 4) is 0 Å². The van der Waals surface area contributed by atoms with Crippen LogP contribution in [0, 0.1) is 13.8 Å². The van der Waals surface area contributed by atoms with Crippen molar-refractivity contribution in [2.45, 2.75) is 19.9 Å². The molecule has 0 aliphatic rings. The smallest absolute Gasteiger partial charge is 0.0747 e. The SMILES string of the molecule is Cc1ccc(NC(CO)c2ccccc2C)cc1. The van der Waals surface area contributed by atoms with Crippen LogP contribution < -0.4 is 5.32 Å². The number of hydrogen-bond acceptors (Lipinski definition) is 2. The molecule has 1 atom stereocenters. The second-order valence-electron chi connectivity index (χ2n) is 4.60. The van der Waals surface area contributed by atoms with Crippen LogP contribution in [0.15, 0.2) is 48.5 Å². The second-order valence-corrected chi connectivity index (χ2v) is 4.60. The lowest BCUT2D eigenvalue weighted by Gasteiger charge is -2.20. The Morgan fingerprint density at radius 2 is 1.67 bits per heavy atom. The summed E-state index contributed by atoms with van der Waals surface area (Å²) in [7, 11) is 0. The van der Waals surface area contributed by atoms with E-state index in [1.165, 1.54) is 11.1 Å². The number of rotatable bonds is 4. The predicted molar refractivity (Wildman–Crippen MR) is 75.8 cm³/mol. The van der Waals surface area contributed by atoms with Crippen molar-refractivity contribution < 1.29 is 5.11 Å². The highest BCUT2D eigenvalue weighted by molar-refractivity contribution is 5.47. The second kappa shape index (κ2) is 5.69. The Hall–Kier alpha value is -1.80. The largest absolute Gasteiger partial charge is 0.394 e. The van der Waals surface area contributed by atoms with Crippen LogP contribution in [-0.2, 0) is 0 Å². The zero-order valence-corrected chi connectivity index (χ0v) is 10.9. The molecule has 0 fully saturated rings. The molecule has 2 rings (SSSR count). The zero-order chi connectivity index (χ0) is 13.0. The molecule has 0 amide bonds. The molecule has 0 bridgehead atoms. The minimum absolute atomic E-state index is 0.0612. The van der Waals surface area contributed by atoms with Crippen LogP contribution >= 0.6 is 0 Å². The first-order valence-corrected chi connectivity index (χ1v) is 6.20. The van der Waals surface area contributed by atoms with Gasteiger partial charge in [-0.05, 0) is 37.1 Å². The van der Waals surface area contributed by atoms with E-state index in [2.05, 4.69) is 43.4 Å². The van der Waals surface area contributed by atoms with Crippen molar-refractivity contribution in [2.24, 2.45) is 0 Å². The Kier molecular flexibility index (Phi) is 4.00. The maximum Gasteiger partial charge on any atom is 0.0747 e. The van der Waals surface area contributed by atoms with Gasteiger partial charge in [-0.1, -0.05) is 42.0 Å². The topological polar surface area (TPSA) is 32.3 Å². The Balaban J connectivity index is 2.20. The first kappa shape index (κ1) is 12.7. The summed E-state index contributed by atoms with van der Waals surface area (Å²) in [6.45, 7) is 4.21. The molecule has 0 aliphatic carbocycles. The van der Waals surface area contributed by atoms with E-state index in [4.69, 9.17) is 0 Å². The molecule has 0 saturated heterocycles. The van der Waals surface area contributed by atoms with Crippen molar-refractivity contribution in [1.29, 1.82) is 0 Å². The van der Waals surface area contributed by atoms with Gasteiger partial charge in [-0.3, -0.25) is 0 Å². The van der Waals surface area contributed by atoms with Gasteiger partial charge in [-0.2, -0.15) is 0 Å². The van der Waals surface area contributed by atoms with Gasteiger partial charge in [0.1, 0.15) is 0 Å². The molecule has 0 radical (unpaired) electrons. The van der Waals surface area contributed by atoms with Gasteiger partial charge < -0.3 is 10.4 Å². The molecule has 18 heavy (non-hydrogen) atoms. The van der Waals surface area contributed by atoms with Crippen molar-refractivity contribution in [1.82, 2.24) is 0 Å². The van der Waals surface area contributed by atoms with Crippen LogP contribution in [0.2, 0.25) is 0 Å². The zero-order valence-electron chi connectivity index (χ0n) is 10.9. The van der Waals surface area contributed by atoms with Crippen LogP contribution in [0.1, 0.15) is 22.7 Å². The van der Waals surface area contributed by atoms with Gasteiger partial charge in [0.05, 0.1) is 12.6 Å². The Labute approximate surface area is 108 Å². The number of aryl methyl sites for hydroxylation is 2. The van der Waals surface area contributed by atoms with E-state index in [1.807, 2.05) is 24.3 Å². The molecular weight excluding hydrogens is 222 g/mol. The summed E-state index contributed by atoms with van der Waals surface area (Å²) in [5.74, 6) is 0. The number of anilines is 1. The normalized spacial score (nSPS) is 12.2. The third kappa shape index (κ3) is 2.90. The molecule has 0 saturated carbocycles. The van der Waals surface area contributed by atoms with Crippen molar-refractivity contribution in [3.63, 3.8) is 0 Å². The van der Waals surface area contributed by atoms with E-state index in [9.17, 15) is 5.11 Å². The summed E-state index contributed by atoms with van der Waals surface area (Å²) in [4.78, 5) is 0. The van der Waals surface area contributed by atoms with Crippen molar-refractivity contribution in [3.05, 3.63) is 65.2 Å². The molecule has 0 spiro atoms. The lowest BCUT2D eigenvalue weighted by molar-refractivity contribution is 0.276. The summed E-state index contributed by atoms with van der Waals surface area (Å²) in [6, 6.07) is 16.3. The number of benzene rings is 2. The molecule has 2 N–H and O–H groups in total. The minimum atomic E-state index is -0.0612. The molecule has 2 nitrogen and oxygen atoms in total. The van der Waals surface area contributed by atoms with E-state index >= 15 is 0 Å². The average molecular weight is 241 g/mol. The highest BCUT2D eigenvalue weighted by Crippen LogP contribution is 2.22. The fraction of sp³-hybridized carbons (Fsp3) is 0.250. The molecule has 2 heteroatoms. The van der Waals surface area contributed by atoms with Gasteiger partial charge in [0, 0.05) is 5.69 Å². The van der Waals surface area contributed by atoms with Gasteiger partial charge in [-0.15, -0.1) is 0 Å². The molecule has 0 heterocycles. The van der Waals surface area contributed by atoms with Crippen LogP contribution in [0.3, 0.4) is 0 Å². The summed E-state index contributed by atoms with van der Waals surface area (Å²) in [5.41, 5.74) is 4.59.